The zero-order valence-corrected chi connectivity index (χ0v) is 16.6. The van der Waals surface area contributed by atoms with Gasteiger partial charge in [-0.2, -0.15) is 0 Å². The number of carbonyl (C=O) groups is 3. The van der Waals surface area contributed by atoms with Crippen LogP contribution in [0.15, 0.2) is 57.1 Å². The van der Waals surface area contributed by atoms with Crippen molar-refractivity contribution in [3.63, 3.8) is 0 Å². The molecule has 0 bridgehead atoms. The first-order chi connectivity index (χ1) is 13.3. The van der Waals surface area contributed by atoms with Crippen LogP contribution in [0.4, 0.5) is 0 Å². The van der Waals surface area contributed by atoms with Crippen LogP contribution in [0, 0.1) is 0 Å². The number of methoxy groups -OCH3 is 2. The topological polar surface area (TPSA) is 93.1 Å². The summed E-state index contributed by atoms with van der Waals surface area (Å²) in [6.45, 7) is 3.66. The Bertz CT molecular complexity index is 975. The number of para-hydroxylation sites is 1. The Labute approximate surface area is 166 Å². The fraction of sp³-hybridized carbons (Fsp3) is 0.250. The fourth-order valence-electron chi connectivity index (χ4n) is 3.13. The minimum absolute atomic E-state index is 0.00785. The van der Waals surface area contributed by atoms with E-state index in [0.717, 1.165) is 10.6 Å². The summed E-state index contributed by atoms with van der Waals surface area (Å²) in [4.78, 5) is 40.6. The van der Waals surface area contributed by atoms with Crippen molar-refractivity contribution >= 4 is 29.5 Å². The van der Waals surface area contributed by atoms with Crippen LogP contribution in [-0.4, -0.2) is 48.0 Å². The van der Waals surface area contributed by atoms with Crippen molar-refractivity contribution in [3.05, 3.63) is 62.7 Å². The first-order valence-corrected chi connectivity index (χ1v) is 9.22. The van der Waals surface area contributed by atoms with Crippen molar-refractivity contribution in [1.82, 2.24) is 4.90 Å². The highest BCUT2D eigenvalue weighted by Gasteiger charge is 2.45. The number of aromatic hydroxyl groups is 1. The van der Waals surface area contributed by atoms with E-state index in [1.54, 1.807) is 24.0 Å². The molecule has 0 fully saturated rings. The van der Waals surface area contributed by atoms with Gasteiger partial charge in [-0.05, 0) is 32.1 Å². The van der Waals surface area contributed by atoms with Gasteiger partial charge in [-0.1, -0.05) is 23.9 Å². The summed E-state index contributed by atoms with van der Waals surface area (Å²) < 4.78 is 9.73. The van der Waals surface area contributed by atoms with E-state index in [0.29, 0.717) is 5.03 Å². The average Bonchev–Trinajstić information content (AvgIpc) is 3.00. The number of thioether (sulfide) groups is 1. The monoisotopic (exact) mass is 401 g/mol. The van der Waals surface area contributed by atoms with Crippen molar-refractivity contribution < 1.29 is 29.0 Å². The number of allylic oxidation sites excluding steroid dienone is 4. The standard InChI is InChI=1S/C20H19NO6S/c1-10-11(2)28-18-14(17(23)12-7-5-6-8-15(12)22)9-13(19(24)26-3)16(21(10)18)20(25)27-4/h5-9,16,22H,1-4H3. The van der Waals surface area contributed by atoms with Crippen molar-refractivity contribution in [2.24, 2.45) is 0 Å². The van der Waals surface area contributed by atoms with Crippen molar-refractivity contribution in [1.29, 1.82) is 0 Å². The van der Waals surface area contributed by atoms with Gasteiger partial charge in [0.25, 0.3) is 0 Å². The summed E-state index contributed by atoms with van der Waals surface area (Å²) >= 11 is 1.33. The van der Waals surface area contributed by atoms with Crippen LogP contribution in [0.2, 0.25) is 0 Å². The number of Topliss-reactive ketones (excluding diaryl/α,β-unsaturated/α-hetero) is 1. The molecule has 0 aliphatic carbocycles. The van der Waals surface area contributed by atoms with Crippen LogP contribution in [0.5, 0.6) is 5.75 Å². The van der Waals surface area contributed by atoms with Gasteiger partial charge in [-0.15, -0.1) is 0 Å². The number of ether oxygens (including phenoxy) is 2. The second-order valence-electron chi connectivity index (χ2n) is 6.20. The Kier molecular flexibility index (Phi) is 5.33. The number of hydrogen-bond donors (Lipinski definition) is 1. The Balaban J connectivity index is 2.23. The summed E-state index contributed by atoms with van der Waals surface area (Å²) in [5.41, 5.74) is 1.02. The Morgan fingerprint density at radius 3 is 2.39 bits per heavy atom. The Hall–Kier alpha value is -3.00. The molecule has 28 heavy (non-hydrogen) atoms. The molecule has 1 unspecified atom stereocenters. The summed E-state index contributed by atoms with van der Waals surface area (Å²) in [7, 11) is 2.44. The van der Waals surface area contributed by atoms with E-state index < -0.39 is 23.8 Å². The molecule has 1 aromatic carbocycles. The lowest BCUT2D eigenvalue weighted by Gasteiger charge is -2.34. The van der Waals surface area contributed by atoms with E-state index in [1.165, 1.54) is 44.2 Å². The van der Waals surface area contributed by atoms with E-state index >= 15 is 0 Å². The number of rotatable bonds is 4. The minimum Gasteiger partial charge on any atom is -0.507 e. The summed E-state index contributed by atoms with van der Waals surface area (Å²) in [6, 6.07) is 5.11. The SMILES string of the molecule is COC(=O)C1=CC(C(=O)c2ccccc2O)=C2SC(C)=C(C)N2C1C(=O)OC. The zero-order chi connectivity index (χ0) is 20.6. The second-order valence-corrected chi connectivity index (χ2v) is 7.40. The van der Waals surface area contributed by atoms with Crippen LogP contribution in [0.25, 0.3) is 0 Å². The molecule has 3 rings (SSSR count). The molecule has 1 atom stereocenters. The molecule has 2 heterocycles. The van der Waals surface area contributed by atoms with E-state index in [1.807, 2.05) is 6.92 Å². The summed E-state index contributed by atoms with van der Waals surface area (Å²) in [5, 5.41) is 10.6. The third kappa shape index (κ3) is 3.09. The van der Waals surface area contributed by atoms with Crippen LogP contribution in [0.1, 0.15) is 24.2 Å². The number of fused-ring (bicyclic) bond motifs is 1. The van der Waals surface area contributed by atoms with E-state index in [-0.39, 0.29) is 22.5 Å². The van der Waals surface area contributed by atoms with Gasteiger partial charge in [0.15, 0.2) is 11.8 Å². The predicted molar refractivity (Wildman–Crippen MR) is 103 cm³/mol. The number of benzene rings is 1. The van der Waals surface area contributed by atoms with Crippen LogP contribution in [-0.2, 0) is 19.1 Å². The minimum atomic E-state index is -1.06. The molecule has 8 heteroatoms. The molecule has 0 saturated carbocycles. The van der Waals surface area contributed by atoms with E-state index in [2.05, 4.69) is 0 Å². The van der Waals surface area contributed by atoms with Crippen LogP contribution >= 0.6 is 11.8 Å². The Morgan fingerprint density at radius 1 is 1.11 bits per heavy atom. The zero-order valence-electron chi connectivity index (χ0n) is 15.8. The second kappa shape index (κ2) is 7.55. The molecule has 1 aromatic rings. The van der Waals surface area contributed by atoms with Gasteiger partial charge >= 0.3 is 11.9 Å². The van der Waals surface area contributed by atoms with Gasteiger partial charge in [0.2, 0.25) is 0 Å². The number of phenols is 1. The highest BCUT2D eigenvalue weighted by Crippen LogP contribution is 2.48. The number of carbonyl (C=O) groups excluding carboxylic acids is 3. The quantitative estimate of drug-likeness (QED) is 0.608. The number of esters is 2. The third-order valence-electron chi connectivity index (χ3n) is 4.66. The molecular formula is C20H19NO6S. The van der Waals surface area contributed by atoms with Gasteiger partial charge in [0, 0.05) is 10.6 Å². The highest BCUT2D eigenvalue weighted by molar-refractivity contribution is 8.07. The van der Waals surface area contributed by atoms with Gasteiger partial charge in [0.05, 0.1) is 36.0 Å². The van der Waals surface area contributed by atoms with Gasteiger partial charge < -0.3 is 19.5 Å². The lowest BCUT2D eigenvalue weighted by atomic mass is 9.93. The lowest BCUT2D eigenvalue weighted by Crippen LogP contribution is -2.44. The molecule has 0 saturated heterocycles. The van der Waals surface area contributed by atoms with Crippen molar-refractivity contribution in [3.8, 4) is 5.75 Å². The molecule has 0 aromatic heterocycles. The van der Waals surface area contributed by atoms with E-state index in [9.17, 15) is 19.5 Å². The maximum atomic E-state index is 13.2. The number of nitrogens with zero attached hydrogens (tertiary/aromatic N) is 1. The van der Waals surface area contributed by atoms with Gasteiger partial charge in [-0.3, -0.25) is 4.79 Å². The number of phenolic OH excluding ortho intramolecular Hbond substituents is 1. The maximum absolute atomic E-state index is 13.2. The maximum Gasteiger partial charge on any atom is 0.336 e. The first-order valence-electron chi connectivity index (χ1n) is 8.41. The first kappa shape index (κ1) is 19.8. The molecule has 1 N–H and O–H groups in total. The number of hydrogen-bond acceptors (Lipinski definition) is 8. The molecule has 7 nitrogen and oxygen atoms in total. The van der Waals surface area contributed by atoms with Crippen molar-refractivity contribution in [2.75, 3.05) is 14.2 Å². The molecule has 0 spiro atoms. The Morgan fingerprint density at radius 2 is 1.79 bits per heavy atom. The lowest BCUT2D eigenvalue weighted by molar-refractivity contribution is -0.147. The van der Waals surface area contributed by atoms with E-state index in [4.69, 9.17) is 9.47 Å². The molecule has 0 radical (unpaired) electrons. The molecular weight excluding hydrogens is 382 g/mol. The number of ketones is 1. The molecule has 146 valence electrons. The van der Waals surface area contributed by atoms with Crippen LogP contribution < -0.4 is 0 Å². The molecule has 0 amide bonds. The predicted octanol–water partition coefficient (Wildman–Crippen LogP) is 2.74. The third-order valence-corrected chi connectivity index (χ3v) is 5.87. The fourth-order valence-corrected chi connectivity index (χ4v) is 4.27. The molecule has 2 aliphatic rings. The van der Waals surface area contributed by atoms with Crippen molar-refractivity contribution in [2.45, 2.75) is 19.9 Å². The average molecular weight is 401 g/mol. The largest absolute Gasteiger partial charge is 0.507 e. The smallest absolute Gasteiger partial charge is 0.336 e. The van der Waals surface area contributed by atoms with Gasteiger partial charge in [0.1, 0.15) is 5.75 Å². The van der Waals surface area contributed by atoms with Gasteiger partial charge in [-0.25, -0.2) is 9.59 Å². The highest BCUT2D eigenvalue weighted by atomic mass is 32.2. The summed E-state index contributed by atoms with van der Waals surface area (Å²) in [5.74, 6) is -2.00. The normalized spacial score (nSPS) is 18.6. The molecule has 2 aliphatic heterocycles. The summed E-state index contributed by atoms with van der Waals surface area (Å²) in [6.07, 6.45) is 1.35. The van der Waals surface area contributed by atoms with Crippen LogP contribution in [0.3, 0.4) is 0 Å².